The lowest BCUT2D eigenvalue weighted by Gasteiger charge is -2.15. The van der Waals surface area contributed by atoms with E-state index >= 15 is 0 Å². The van der Waals surface area contributed by atoms with Crippen LogP contribution in [0.4, 0.5) is 5.13 Å². The molecule has 0 amide bonds. The van der Waals surface area contributed by atoms with Crippen molar-refractivity contribution in [2.75, 3.05) is 12.3 Å². The highest BCUT2D eigenvalue weighted by molar-refractivity contribution is 7.13. The number of nitrogens with zero attached hydrogens (tertiary/aromatic N) is 1. The molecule has 0 aliphatic carbocycles. The van der Waals surface area contributed by atoms with Crippen molar-refractivity contribution in [1.82, 2.24) is 4.98 Å². The first-order valence-corrected chi connectivity index (χ1v) is 7.83. The van der Waals surface area contributed by atoms with Crippen molar-refractivity contribution < 1.29 is 9.53 Å². The Labute approximate surface area is 125 Å². The summed E-state index contributed by atoms with van der Waals surface area (Å²) in [7, 11) is 0. The maximum absolute atomic E-state index is 12.2. The Kier molecular flexibility index (Phi) is 6.20. The molecular weight excluding hydrogens is 272 g/mol. The number of carbonyl (C=O) groups excluding carboxylic acids is 1. The molecular formula is C15H24N2O2S. The van der Waals surface area contributed by atoms with Crippen molar-refractivity contribution in [1.29, 1.82) is 0 Å². The number of allylic oxidation sites excluding steroid dienone is 1. The number of aromatic nitrogens is 1. The highest BCUT2D eigenvalue weighted by atomic mass is 32.1. The van der Waals surface area contributed by atoms with Gasteiger partial charge in [0.2, 0.25) is 0 Å². The Morgan fingerprint density at radius 3 is 2.65 bits per heavy atom. The molecule has 0 aliphatic heterocycles. The predicted octanol–water partition coefficient (Wildman–Crippen LogP) is 3.89. The molecule has 0 aromatic carbocycles. The van der Waals surface area contributed by atoms with Crippen molar-refractivity contribution in [2.24, 2.45) is 5.41 Å². The summed E-state index contributed by atoms with van der Waals surface area (Å²) < 4.78 is 5.33. The molecule has 0 radical (unpaired) electrons. The minimum atomic E-state index is -0.318. The topological polar surface area (TPSA) is 65.2 Å². The molecule has 20 heavy (non-hydrogen) atoms. The number of carbonyl (C=O) groups is 1. The number of ether oxygens (including phenoxy) is 1. The van der Waals surface area contributed by atoms with Crippen LogP contribution in [0, 0.1) is 5.41 Å². The summed E-state index contributed by atoms with van der Waals surface area (Å²) >= 11 is 1.33. The molecule has 1 heterocycles. The normalized spacial score (nSPS) is 12.5. The number of hydrogen-bond acceptors (Lipinski definition) is 5. The summed E-state index contributed by atoms with van der Waals surface area (Å²) in [4.78, 5) is 16.4. The Morgan fingerprint density at radius 1 is 1.45 bits per heavy atom. The number of nitrogens with two attached hydrogens (primary N) is 1. The van der Waals surface area contributed by atoms with Gasteiger partial charge in [0.25, 0.3) is 0 Å². The van der Waals surface area contributed by atoms with Gasteiger partial charge in [0.1, 0.15) is 0 Å². The zero-order chi connectivity index (χ0) is 15.2. The molecule has 0 spiro atoms. The second kappa shape index (κ2) is 7.43. The van der Waals surface area contributed by atoms with E-state index in [2.05, 4.69) is 11.9 Å². The molecule has 0 atom stereocenters. The third-order valence-electron chi connectivity index (χ3n) is 2.58. The molecule has 1 aromatic heterocycles. The second-order valence-electron chi connectivity index (χ2n) is 5.84. The van der Waals surface area contributed by atoms with Gasteiger partial charge in [0.15, 0.2) is 5.13 Å². The molecule has 0 fully saturated rings. The van der Waals surface area contributed by atoms with Gasteiger partial charge in [-0.15, -0.1) is 11.3 Å². The van der Waals surface area contributed by atoms with E-state index in [1.165, 1.54) is 11.3 Å². The third-order valence-corrected chi connectivity index (χ3v) is 3.25. The number of esters is 1. The number of rotatable bonds is 6. The fourth-order valence-corrected chi connectivity index (χ4v) is 2.24. The number of nitrogen functional groups attached to an aromatic ring is 1. The quantitative estimate of drug-likeness (QED) is 0.491. The minimum absolute atomic E-state index is 0.129. The molecule has 4 nitrogen and oxygen atoms in total. The monoisotopic (exact) mass is 296 g/mol. The van der Waals surface area contributed by atoms with Gasteiger partial charge >= 0.3 is 5.97 Å². The summed E-state index contributed by atoms with van der Waals surface area (Å²) in [6.45, 7) is 8.67. The highest BCUT2D eigenvalue weighted by Crippen LogP contribution is 2.26. The van der Waals surface area contributed by atoms with Crippen LogP contribution in [0.25, 0.3) is 5.57 Å². The lowest BCUT2D eigenvalue weighted by Crippen LogP contribution is -2.12. The molecule has 0 saturated heterocycles. The van der Waals surface area contributed by atoms with E-state index in [0.717, 1.165) is 19.3 Å². The fourth-order valence-electron chi connectivity index (χ4n) is 1.68. The van der Waals surface area contributed by atoms with Gasteiger partial charge < -0.3 is 10.5 Å². The molecule has 0 saturated carbocycles. The first-order valence-electron chi connectivity index (χ1n) is 6.95. The molecule has 0 aliphatic rings. The Morgan fingerprint density at radius 2 is 2.15 bits per heavy atom. The van der Waals surface area contributed by atoms with E-state index in [0.29, 0.717) is 23.0 Å². The summed E-state index contributed by atoms with van der Waals surface area (Å²) in [5.41, 5.74) is 6.62. The number of hydrogen-bond donors (Lipinski definition) is 1. The molecule has 2 N–H and O–H groups in total. The largest absolute Gasteiger partial charge is 0.462 e. The van der Waals surface area contributed by atoms with Crippen LogP contribution < -0.4 is 5.73 Å². The standard InChI is InChI=1S/C15H24N2O2S/c1-5-6-7-8-19-13(18)11(9-15(2,3)4)12-10-20-14(16)17-12/h9-10H,5-8H2,1-4H3,(H2,16,17)/b11-9-. The lowest BCUT2D eigenvalue weighted by atomic mass is 9.92. The van der Waals surface area contributed by atoms with Crippen molar-refractivity contribution in [2.45, 2.75) is 47.0 Å². The van der Waals surface area contributed by atoms with Gasteiger partial charge in [-0.3, -0.25) is 0 Å². The van der Waals surface area contributed by atoms with Crippen LogP contribution in [-0.2, 0) is 9.53 Å². The number of thiazole rings is 1. The van der Waals surface area contributed by atoms with Gasteiger partial charge in [0, 0.05) is 5.38 Å². The molecule has 112 valence electrons. The zero-order valence-corrected chi connectivity index (χ0v) is 13.5. The van der Waals surface area contributed by atoms with Crippen LogP contribution in [0.5, 0.6) is 0 Å². The minimum Gasteiger partial charge on any atom is -0.462 e. The van der Waals surface area contributed by atoms with Gasteiger partial charge in [0.05, 0.1) is 17.9 Å². The maximum atomic E-state index is 12.2. The Balaban J connectivity index is 2.84. The van der Waals surface area contributed by atoms with E-state index in [9.17, 15) is 4.79 Å². The summed E-state index contributed by atoms with van der Waals surface area (Å²) in [5, 5.41) is 2.25. The van der Waals surface area contributed by atoms with Crippen LogP contribution in [0.15, 0.2) is 11.5 Å². The highest BCUT2D eigenvalue weighted by Gasteiger charge is 2.20. The summed E-state index contributed by atoms with van der Waals surface area (Å²) in [6.07, 6.45) is 4.95. The number of unbranched alkanes of at least 4 members (excludes halogenated alkanes) is 2. The van der Waals surface area contributed by atoms with Crippen LogP contribution in [0.2, 0.25) is 0 Å². The van der Waals surface area contributed by atoms with E-state index in [-0.39, 0.29) is 11.4 Å². The van der Waals surface area contributed by atoms with Crippen LogP contribution in [-0.4, -0.2) is 17.6 Å². The van der Waals surface area contributed by atoms with Gasteiger partial charge in [-0.1, -0.05) is 46.6 Å². The van der Waals surface area contributed by atoms with Crippen molar-refractivity contribution in [3.8, 4) is 0 Å². The van der Waals surface area contributed by atoms with Crippen LogP contribution >= 0.6 is 11.3 Å². The maximum Gasteiger partial charge on any atom is 0.340 e. The van der Waals surface area contributed by atoms with Gasteiger partial charge in [-0.05, 0) is 11.8 Å². The van der Waals surface area contributed by atoms with E-state index in [1.54, 1.807) is 5.38 Å². The lowest BCUT2D eigenvalue weighted by molar-refractivity contribution is -0.136. The van der Waals surface area contributed by atoms with Crippen LogP contribution in [0.1, 0.15) is 52.7 Å². The SMILES string of the molecule is CCCCCOC(=O)/C(=C\C(C)(C)C)c1csc(N)n1. The van der Waals surface area contributed by atoms with E-state index < -0.39 is 0 Å². The first kappa shape index (κ1) is 16.7. The van der Waals surface area contributed by atoms with Gasteiger partial charge in [-0.2, -0.15) is 0 Å². The van der Waals surface area contributed by atoms with Crippen molar-refractivity contribution >= 4 is 28.0 Å². The van der Waals surface area contributed by atoms with Crippen molar-refractivity contribution in [3.63, 3.8) is 0 Å². The van der Waals surface area contributed by atoms with Crippen molar-refractivity contribution in [3.05, 3.63) is 17.2 Å². The summed E-state index contributed by atoms with van der Waals surface area (Å²) in [6, 6.07) is 0. The zero-order valence-electron chi connectivity index (χ0n) is 12.7. The molecule has 1 rings (SSSR count). The Hall–Kier alpha value is -1.36. The average Bonchev–Trinajstić information content (AvgIpc) is 2.77. The first-order chi connectivity index (χ1) is 9.33. The summed E-state index contributed by atoms with van der Waals surface area (Å²) in [5.74, 6) is -0.318. The van der Waals surface area contributed by atoms with Gasteiger partial charge in [-0.25, -0.2) is 9.78 Å². The predicted molar refractivity (Wildman–Crippen MR) is 84.4 cm³/mol. The van der Waals surface area contributed by atoms with Crippen LogP contribution in [0.3, 0.4) is 0 Å². The Bertz CT molecular complexity index is 472. The fraction of sp³-hybridized carbons (Fsp3) is 0.600. The second-order valence-corrected chi connectivity index (χ2v) is 6.73. The average molecular weight is 296 g/mol. The third kappa shape index (κ3) is 5.74. The smallest absolute Gasteiger partial charge is 0.340 e. The molecule has 1 aromatic rings. The molecule has 5 heteroatoms. The molecule has 0 bridgehead atoms. The molecule has 0 unspecified atom stereocenters. The van der Waals surface area contributed by atoms with E-state index in [1.807, 2.05) is 26.8 Å². The number of anilines is 1. The van der Waals surface area contributed by atoms with E-state index in [4.69, 9.17) is 10.5 Å².